The maximum absolute atomic E-state index is 2.73. The summed E-state index contributed by atoms with van der Waals surface area (Å²) < 4.78 is 2.28. The van der Waals surface area contributed by atoms with Crippen molar-refractivity contribution in [1.29, 1.82) is 0 Å². The van der Waals surface area contributed by atoms with E-state index in [2.05, 4.69) is 104 Å². The van der Waals surface area contributed by atoms with Crippen LogP contribution >= 0.6 is 0 Å². The van der Waals surface area contributed by atoms with Crippen molar-refractivity contribution in [3.63, 3.8) is 0 Å². The first-order valence-corrected chi connectivity index (χ1v) is 19.8. The zero-order valence-corrected chi connectivity index (χ0v) is 25.1. The van der Waals surface area contributed by atoms with Crippen molar-refractivity contribution in [3.05, 3.63) is 90.6 Å². The van der Waals surface area contributed by atoms with Gasteiger partial charge in [0.05, 0.1) is 0 Å². The van der Waals surface area contributed by atoms with Crippen LogP contribution in [0.5, 0.6) is 0 Å². The van der Waals surface area contributed by atoms with Gasteiger partial charge in [-0.05, 0) is 53.9 Å². The average Bonchev–Trinajstić information content (AvgIpc) is 2.98. The molecule has 3 aromatic carbocycles. The largest absolute Gasteiger partial charge is 0.213 e. The minimum absolute atomic E-state index is 1.30. The van der Waals surface area contributed by atoms with E-state index in [0.29, 0.717) is 0 Å². The van der Waals surface area contributed by atoms with E-state index in [4.69, 9.17) is 0 Å². The van der Waals surface area contributed by atoms with Crippen LogP contribution in [0, 0.1) is 6.92 Å². The molecule has 192 valence electrons. The molecule has 0 saturated carbocycles. The highest BCUT2D eigenvalue weighted by atomic mass is 28.3. The van der Waals surface area contributed by atoms with Crippen LogP contribution in [0.4, 0.5) is 0 Å². The number of hydrogen-bond acceptors (Lipinski definition) is 0. The fraction of sp³-hybridized carbons (Fsp3) is 0.343. The number of fused-ring (bicyclic) bond motifs is 6. The van der Waals surface area contributed by atoms with E-state index in [0.717, 1.165) is 0 Å². The molecule has 1 nitrogen and oxygen atoms in total. The Kier molecular flexibility index (Phi) is 6.05. The highest BCUT2D eigenvalue weighted by Crippen LogP contribution is 2.36. The molecule has 0 aliphatic carbocycles. The molecular weight excluding hydrogens is 491 g/mol. The Hall–Kier alpha value is -2.76. The molecule has 0 atom stereocenters. The third-order valence-electron chi connectivity index (χ3n) is 10.3. The molecule has 3 heteroatoms. The van der Waals surface area contributed by atoms with Crippen LogP contribution in [0.3, 0.4) is 0 Å². The summed E-state index contributed by atoms with van der Waals surface area (Å²) in [5.41, 5.74) is 6.75. The van der Waals surface area contributed by atoms with Crippen molar-refractivity contribution in [1.82, 2.24) is 0 Å². The highest BCUT2D eigenvalue weighted by molar-refractivity contribution is 7.17. The van der Waals surface area contributed by atoms with Crippen LogP contribution in [0.15, 0.2) is 85.1 Å². The molecule has 0 N–H and O–H groups in total. The number of rotatable bonds is 2. The molecule has 0 unspecified atom stereocenters. The van der Waals surface area contributed by atoms with Gasteiger partial charge in [-0.15, -0.1) is 0 Å². The van der Waals surface area contributed by atoms with Gasteiger partial charge in [0.2, 0.25) is 5.69 Å². The molecule has 0 amide bonds. The van der Waals surface area contributed by atoms with Crippen molar-refractivity contribution >= 4 is 36.9 Å². The zero-order chi connectivity index (χ0) is 25.7. The lowest BCUT2D eigenvalue weighted by atomic mass is 10.0. The Morgan fingerprint density at radius 1 is 0.553 bits per heavy atom. The third kappa shape index (κ3) is 3.65. The monoisotopic (exact) mass is 530 g/mol. The Bertz CT molecular complexity index is 1510. The lowest BCUT2D eigenvalue weighted by Crippen LogP contribution is -2.81. The maximum Gasteiger partial charge on any atom is 0.213 e. The smallest absolute Gasteiger partial charge is 0.201 e. The van der Waals surface area contributed by atoms with Gasteiger partial charge in [0.15, 0.2) is 6.20 Å². The molecule has 2 fully saturated rings. The van der Waals surface area contributed by atoms with Crippen LogP contribution < -0.4 is 25.3 Å². The first kappa shape index (κ1) is 24.3. The number of nitrogens with zero attached hydrogens (tertiary/aromatic N) is 1. The van der Waals surface area contributed by atoms with E-state index in [-0.39, 0.29) is 0 Å². The van der Waals surface area contributed by atoms with E-state index >= 15 is 0 Å². The molecule has 7 rings (SSSR count). The quantitative estimate of drug-likeness (QED) is 0.222. The van der Waals surface area contributed by atoms with E-state index in [1.165, 1.54) is 90.6 Å². The second kappa shape index (κ2) is 9.46. The van der Waals surface area contributed by atoms with Gasteiger partial charge < -0.3 is 0 Å². The summed E-state index contributed by atoms with van der Waals surface area (Å²) in [7, 11) is -1.27. The highest BCUT2D eigenvalue weighted by Gasteiger charge is 2.53. The van der Waals surface area contributed by atoms with Crippen LogP contribution in [0.2, 0.25) is 24.2 Å². The number of pyridine rings is 1. The molecule has 2 saturated heterocycles. The Morgan fingerprint density at radius 3 is 1.76 bits per heavy atom. The number of aromatic nitrogens is 1. The minimum atomic E-state index is -1.75. The molecular formula is C35H40NSi2+. The third-order valence-corrected chi connectivity index (χ3v) is 21.5. The normalized spacial score (nSPS) is 19.2. The van der Waals surface area contributed by atoms with Crippen LogP contribution in [-0.2, 0) is 7.05 Å². The minimum Gasteiger partial charge on any atom is -0.201 e. The molecule has 0 bridgehead atoms. The fourth-order valence-electron chi connectivity index (χ4n) is 8.41. The summed E-state index contributed by atoms with van der Waals surface area (Å²) in [6.07, 6.45) is 10.8. The van der Waals surface area contributed by atoms with E-state index in [9.17, 15) is 0 Å². The molecule has 0 radical (unpaired) electrons. The van der Waals surface area contributed by atoms with Crippen molar-refractivity contribution in [2.75, 3.05) is 0 Å². The van der Waals surface area contributed by atoms with Gasteiger partial charge in [0, 0.05) is 17.7 Å². The standard InChI is InChI=1S/C35H40NSi2/c1-27-13-5-6-14-30(27)31-25-29(19-20-36(31)2)28-17-18-34-35(26-28)38(23-11-4-12-24-38)33-16-8-7-15-32(33)37(34)21-9-3-10-22-37/h5-8,13-20,25-26H,3-4,9-12,21-24H2,1-2H3/q+1. The molecule has 3 aliphatic rings. The number of benzene rings is 3. The summed E-state index contributed by atoms with van der Waals surface area (Å²) in [6.45, 7) is 2.23. The van der Waals surface area contributed by atoms with Gasteiger partial charge in [0.25, 0.3) is 0 Å². The van der Waals surface area contributed by atoms with E-state index < -0.39 is 16.1 Å². The van der Waals surface area contributed by atoms with E-state index in [1.54, 1.807) is 0 Å². The summed E-state index contributed by atoms with van der Waals surface area (Å²) in [4.78, 5) is 0. The Labute approximate surface area is 230 Å². The Morgan fingerprint density at radius 2 is 1.11 bits per heavy atom. The summed E-state index contributed by atoms with van der Waals surface area (Å²) in [5, 5.41) is 7.43. The second-order valence-corrected chi connectivity index (χ2v) is 20.8. The molecule has 1 aromatic heterocycles. The van der Waals surface area contributed by atoms with E-state index in [1.807, 2.05) is 20.7 Å². The van der Waals surface area contributed by atoms with Crippen LogP contribution in [0.25, 0.3) is 22.4 Å². The van der Waals surface area contributed by atoms with Gasteiger partial charge in [-0.25, -0.2) is 4.57 Å². The molecule has 38 heavy (non-hydrogen) atoms. The van der Waals surface area contributed by atoms with Crippen molar-refractivity contribution < 1.29 is 4.57 Å². The predicted molar refractivity (Wildman–Crippen MR) is 167 cm³/mol. The molecule has 4 aromatic rings. The number of aryl methyl sites for hydroxylation is 2. The predicted octanol–water partition coefficient (Wildman–Crippen LogP) is 5.96. The summed E-state index contributed by atoms with van der Waals surface area (Å²) in [6, 6.07) is 37.2. The topological polar surface area (TPSA) is 3.88 Å². The zero-order valence-electron chi connectivity index (χ0n) is 23.1. The maximum atomic E-state index is 2.73. The van der Waals surface area contributed by atoms with Gasteiger partial charge in [-0.2, -0.15) is 0 Å². The lowest BCUT2D eigenvalue weighted by molar-refractivity contribution is -0.660. The van der Waals surface area contributed by atoms with Gasteiger partial charge in [-0.1, -0.05) is 120 Å². The fourth-order valence-corrected chi connectivity index (χ4v) is 22.0. The SMILES string of the molecule is Cc1ccccc1-c1cc(-c2ccc3c(c2)[Si]2(CCCCC2)c2ccccc2[Si]32CCCCC2)cc[n+]1C. The summed E-state index contributed by atoms with van der Waals surface area (Å²) >= 11 is 0. The van der Waals surface area contributed by atoms with Crippen molar-refractivity contribution in [2.24, 2.45) is 7.05 Å². The van der Waals surface area contributed by atoms with Crippen LogP contribution in [0.1, 0.15) is 44.1 Å². The van der Waals surface area contributed by atoms with Crippen molar-refractivity contribution in [3.8, 4) is 22.4 Å². The van der Waals surface area contributed by atoms with Crippen LogP contribution in [-0.4, -0.2) is 16.1 Å². The first-order chi connectivity index (χ1) is 18.6. The second-order valence-electron chi connectivity index (χ2n) is 12.3. The van der Waals surface area contributed by atoms with Gasteiger partial charge in [0.1, 0.15) is 23.2 Å². The van der Waals surface area contributed by atoms with Crippen molar-refractivity contribution in [2.45, 2.75) is 69.6 Å². The van der Waals surface area contributed by atoms with Gasteiger partial charge >= 0.3 is 0 Å². The molecule has 3 aliphatic heterocycles. The summed E-state index contributed by atoms with van der Waals surface area (Å²) in [5.74, 6) is 0. The number of hydrogen-bond donors (Lipinski definition) is 0. The Balaban J connectivity index is 1.44. The molecule has 4 heterocycles. The average molecular weight is 531 g/mol. The lowest BCUT2D eigenvalue weighted by Gasteiger charge is -2.50. The van der Waals surface area contributed by atoms with Gasteiger partial charge in [-0.3, -0.25) is 0 Å². The first-order valence-electron chi connectivity index (χ1n) is 14.9. The molecule has 2 spiro atoms.